The van der Waals surface area contributed by atoms with Crippen LogP contribution in [0.15, 0.2) is 6.33 Å². The zero-order chi connectivity index (χ0) is 12.8. The first kappa shape index (κ1) is 13.7. The van der Waals surface area contributed by atoms with E-state index < -0.39 is 6.04 Å². The highest BCUT2D eigenvalue weighted by atomic mass is 16.3. The van der Waals surface area contributed by atoms with Crippen molar-refractivity contribution in [3.63, 3.8) is 0 Å². The van der Waals surface area contributed by atoms with Crippen molar-refractivity contribution in [2.45, 2.75) is 25.8 Å². The standard InChI is InChI=1S/C11H20N4O2/c1-7(2)9-10(12-3)13-6-14-11(9)15-8(4-16)5-17/h6-8,16-17H,4-5H2,1-3H3,(H2,12,13,14,15). The molecule has 0 aromatic carbocycles. The number of aliphatic hydroxyl groups is 2. The fourth-order valence-electron chi connectivity index (χ4n) is 1.60. The minimum absolute atomic E-state index is 0.146. The Balaban J connectivity index is 3.05. The Bertz CT molecular complexity index is 353. The molecule has 1 aromatic rings. The number of hydrogen-bond donors (Lipinski definition) is 4. The van der Waals surface area contributed by atoms with Crippen LogP contribution in [0.25, 0.3) is 0 Å². The first-order chi connectivity index (χ1) is 8.13. The van der Waals surface area contributed by atoms with Gasteiger partial charge in [0.1, 0.15) is 18.0 Å². The van der Waals surface area contributed by atoms with Gasteiger partial charge < -0.3 is 20.8 Å². The molecule has 1 rings (SSSR count). The third-order valence-electron chi connectivity index (χ3n) is 2.48. The van der Waals surface area contributed by atoms with Gasteiger partial charge in [0, 0.05) is 12.6 Å². The smallest absolute Gasteiger partial charge is 0.135 e. The van der Waals surface area contributed by atoms with E-state index in [9.17, 15) is 0 Å². The molecule has 0 saturated carbocycles. The summed E-state index contributed by atoms with van der Waals surface area (Å²) >= 11 is 0. The lowest BCUT2D eigenvalue weighted by Gasteiger charge is -2.20. The highest BCUT2D eigenvalue weighted by molar-refractivity contribution is 5.59. The minimum Gasteiger partial charge on any atom is -0.394 e. The predicted octanol–water partition coefficient (Wildman–Crippen LogP) is 0.407. The van der Waals surface area contributed by atoms with Gasteiger partial charge in [-0.15, -0.1) is 0 Å². The van der Waals surface area contributed by atoms with Crippen LogP contribution in [0, 0.1) is 0 Å². The van der Waals surface area contributed by atoms with E-state index in [4.69, 9.17) is 10.2 Å². The molecule has 0 aliphatic carbocycles. The van der Waals surface area contributed by atoms with Crippen molar-refractivity contribution in [3.05, 3.63) is 11.9 Å². The summed E-state index contributed by atoms with van der Waals surface area (Å²) in [5, 5.41) is 24.1. The molecule has 1 aromatic heterocycles. The van der Waals surface area contributed by atoms with Crippen molar-refractivity contribution < 1.29 is 10.2 Å². The van der Waals surface area contributed by atoms with E-state index >= 15 is 0 Å². The van der Waals surface area contributed by atoms with E-state index in [1.807, 2.05) is 13.8 Å². The van der Waals surface area contributed by atoms with Gasteiger partial charge in [-0.2, -0.15) is 0 Å². The molecule has 0 aliphatic heterocycles. The van der Waals surface area contributed by atoms with Crippen LogP contribution in [0.2, 0.25) is 0 Å². The van der Waals surface area contributed by atoms with E-state index in [-0.39, 0.29) is 19.1 Å². The second kappa shape index (κ2) is 6.36. The SMILES string of the molecule is CNc1ncnc(NC(CO)CO)c1C(C)C. The number of anilines is 2. The second-order valence-corrected chi connectivity index (χ2v) is 4.10. The van der Waals surface area contributed by atoms with Crippen LogP contribution in [0.3, 0.4) is 0 Å². The topological polar surface area (TPSA) is 90.3 Å². The van der Waals surface area contributed by atoms with Crippen molar-refractivity contribution in [2.24, 2.45) is 0 Å². The van der Waals surface area contributed by atoms with Gasteiger partial charge in [0.2, 0.25) is 0 Å². The largest absolute Gasteiger partial charge is 0.394 e. The van der Waals surface area contributed by atoms with Crippen molar-refractivity contribution in [2.75, 3.05) is 30.9 Å². The van der Waals surface area contributed by atoms with Gasteiger partial charge in [0.25, 0.3) is 0 Å². The summed E-state index contributed by atoms with van der Waals surface area (Å²) in [6, 6.07) is -0.410. The molecule has 0 amide bonds. The zero-order valence-electron chi connectivity index (χ0n) is 10.4. The number of rotatable bonds is 6. The number of hydrogen-bond acceptors (Lipinski definition) is 6. The monoisotopic (exact) mass is 240 g/mol. The van der Waals surface area contributed by atoms with Crippen LogP contribution in [-0.2, 0) is 0 Å². The number of nitrogens with zero attached hydrogens (tertiary/aromatic N) is 2. The Labute approximate surface area is 101 Å². The van der Waals surface area contributed by atoms with Crippen LogP contribution in [-0.4, -0.2) is 46.5 Å². The van der Waals surface area contributed by atoms with Crippen LogP contribution in [0.5, 0.6) is 0 Å². The number of aliphatic hydroxyl groups excluding tert-OH is 2. The molecule has 0 radical (unpaired) electrons. The highest BCUT2D eigenvalue weighted by Gasteiger charge is 2.16. The van der Waals surface area contributed by atoms with Crippen molar-refractivity contribution in [1.29, 1.82) is 0 Å². The summed E-state index contributed by atoms with van der Waals surface area (Å²) in [7, 11) is 1.80. The first-order valence-electron chi connectivity index (χ1n) is 5.64. The van der Waals surface area contributed by atoms with Gasteiger partial charge in [-0.1, -0.05) is 13.8 Å². The maximum Gasteiger partial charge on any atom is 0.135 e. The molecule has 4 N–H and O–H groups in total. The molecule has 1 heterocycles. The van der Waals surface area contributed by atoms with Gasteiger partial charge in [0.05, 0.1) is 19.3 Å². The number of nitrogens with one attached hydrogen (secondary N) is 2. The molecular formula is C11H20N4O2. The third-order valence-corrected chi connectivity index (χ3v) is 2.48. The third kappa shape index (κ3) is 3.28. The lowest BCUT2D eigenvalue weighted by Crippen LogP contribution is -2.29. The van der Waals surface area contributed by atoms with Gasteiger partial charge >= 0.3 is 0 Å². The lowest BCUT2D eigenvalue weighted by atomic mass is 10.0. The summed E-state index contributed by atoms with van der Waals surface area (Å²) < 4.78 is 0. The van der Waals surface area contributed by atoms with Crippen molar-refractivity contribution in [3.8, 4) is 0 Å². The normalized spacial score (nSPS) is 11.0. The summed E-state index contributed by atoms with van der Waals surface area (Å²) in [6.07, 6.45) is 1.45. The first-order valence-corrected chi connectivity index (χ1v) is 5.64. The minimum atomic E-state index is -0.410. The lowest BCUT2D eigenvalue weighted by molar-refractivity contribution is 0.203. The van der Waals surface area contributed by atoms with E-state index in [1.54, 1.807) is 7.05 Å². The average molecular weight is 240 g/mol. The molecular weight excluding hydrogens is 220 g/mol. The summed E-state index contributed by atoms with van der Waals surface area (Å²) in [5.74, 6) is 1.64. The Kier molecular flexibility index (Phi) is 5.11. The molecule has 6 heteroatoms. The fraction of sp³-hybridized carbons (Fsp3) is 0.636. The van der Waals surface area contributed by atoms with Crippen LogP contribution < -0.4 is 10.6 Å². The maximum atomic E-state index is 9.06. The van der Waals surface area contributed by atoms with E-state index in [0.717, 1.165) is 11.4 Å². The fourth-order valence-corrected chi connectivity index (χ4v) is 1.60. The maximum absolute atomic E-state index is 9.06. The Hall–Kier alpha value is -1.40. The number of aromatic nitrogens is 2. The van der Waals surface area contributed by atoms with Gasteiger partial charge in [-0.25, -0.2) is 9.97 Å². The molecule has 96 valence electrons. The molecule has 0 aliphatic rings. The predicted molar refractivity (Wildman–Crippen MR) is 67.3 cm³/mol. The average Bonchev–Trinajstić information content (AvgIpc) is 2.34. The molecule has 0 atom stereocenters. The molecule has 0 saturated heterocycles. The molecule has 6 nitrogen and oxygen atoms in total. The van der Waals surface area contributed by atoms with Crippen LogP contribution >= 0.6 is 0 Å². The van der Waals surface area contributed by atoms with Crippen LogP contribution in [0.4, 0.5) is 11.6 Å². The second-order valence-electron chi connectivity index (χ2n) is 4.10. The summed E-state index contributed by atoms with van der Waals surface area (Å²) in [5.41, 5.74) is 0.946. The quantitative estimate of drug-likeness (QED) is 0.575. The van der Waals surface area contributed by atoms with E-state index in [0.29, 0.717) is 5.82 Å². The van der Waals surface area contributed by atoms with Crippen LogP contribution in [0.1, 0.15) is 25.3 Å². The van der Waals surface area contributed by atoms with Gasteiger partial charge in [-0.05, 0) is 5.92 Å². The molecule has 0 fully saturated rings. The summed E-state index contributed by atoms with van der Waals surface area (Å²) in [4.78, 5) is 8.31. The zero-order valence-corrected chi connectivity index (χ0v) is 10.4. The van der Waals surface area contributed by atoms with Gasteiger partial charge in [-0.3, -0.25) is 0 Å². The Morgan fingerprint density at radius 2 is 1.76 bits per heavy atom. The van der Waals surface area contributed by atoms with E-state index in [2.05, 4.69) is 20.6 Å². The molecule has 0 bridgehead atoms. The molecule has 0 unspecified atom stereocenters. The van der Waals surface area contributed by atoms with Crippen molar-refractivity contribution >= 4 is 11.6 Å². The van der Waals surface area contributed by atoms with Crippen molar-refractivity contribution in [1.82, 2.24) is 9.97 Å². The molecule has 17 heavy (non-hydrogen) atoms. The highest BCUT2D eigenvalue weighted by Crippen LogP contribution is 2.28. The summed E-state index contributed by atoms with van der Waals surface area (Å²) in [6.45, 7) is 3.79. The van der Waals surface area contributed by atoms with E-state index in [1.165, 1.54) is 6.33 Å². The molecule has 0 spiro atoms. The Morgan fingerprint density at radius 3 is 2.24 bits per heavy atom. The Morgan fingerprint density at radius 1 is 1.18 bits per heavy atom. The van der Waals surface area contributed by atoms with Gasteiger partial charge in [0.15, 0.2) is 0 Å².